The van der Waals surface area contributed by atoms with Gasteiger partial charge in [-0.05, 0) is 90.4 Å². The molecule has 1 saturated heterocycles. The molecule has 2 aromatic rings. The minimum Gasteiger partial charge on any atom is -0.471 e. The van der Waals surface area contributed by atoms with Gasteiger partial charge >= 0.3 is 11.9 Å². The predicted octanol–water partition coefficient (Wildman–Crippen LogP) is 3.10. The number of aromatic nitrogens is 1. The van der Waals surface area contributed by atoms with Crippen LogP contribution >= 0.6 is 12.8 Å². The predicted molar refractivity (Wildman–Crippen MR) is 232 cm³/mol. The molecular weight excluding hydrogens is 795 g/mol. The van der Waals surface area contributed by atoms with Crippen molar-refractivity contribution in [2.75, 3.05) is 82.9 Å². The van der Waals surface area contributed by atoms with E-state index in [0.717, 1.165) is 31.8 Å². The summed E-state index contributed by atoms with van der Waals surface area (Å²) in [7, 11) is 0. The summed E-state index contributed by atoms with van der Waals surface area (Å²) in [4.78, 5) is 71.3. The lowest BCUT2D eigenvalue weighted by molar-refractivity contribution is -0.146. The van der Waals surface area contributed by atoms with Gasteiger partial charge in [0.25, 0.3) is 23.6 Å². The molecule has 4 rings (SSSR count). The first-order chi connectivity index (χ1) is 28.5. The zero-order chi connectivity index (χ0) is 44.0. The van der Waals surface area contributed by atoms with Gasteiger partial charge in [-0.15, -0.1) is 0 Å². The number of hydrogen-bond acceptors (Lipinski definition) is 14. The molecule has 0 aliphatic carbocycles. The molecule has 0 bridgehead atoms. The Balaban J connectivity index is 1.32. The van der Waals surface area contributed by atoms with Gasteiger partial charge in [0.05, 0.1) is 24.4 Å². The zero-order valence-electron chi connectivity index (χ0n) is 35.3. The van der Waals surface area contributed by atoms with Crippen molar-refractivity contribution in [3.05, 3.63) is 58.4 Å². The number of morpholine rings is 1. The van der Waals surface area contributed by atoms with E-state index < -0.39 is 30.6 Å². The van der Waals surface area contributed by atoms with Crippen LogP contribution in [0.25, 0.3) is 11.6 Å². The van der Waals surface area contributed by atoms with Crippen molar-refractivity contribution in [2.45, 2.75) is 60.1 Å². The number of esters is 2. The van der Waals surface area contributed by atoms with Crippen LogP contribution in [0.4, 0.5) is 11.4 Å². The fraction of sp³-hybridized carbons (Fsp3) is 0.488. The second-order valence-corrected chi connectivity index (χ2v) is 15.3. The number of benzene rings is 1. The maximum Gasteiger partial charge on any atom is 0.331 e. The van der Waals surface area contributed by atoms with Gasteiger partial charge in [-0.1, -0.05) is 13.8 Å². The zero-order valence-corrected chi connectivity index (χ0v) is 36.2. The number of amides is 3. The van der Waals surface area contributed by atoms with Gasteiger partial charge in [0, 0.05) is 78.7 Å². The molecule has 0 unspecified atom stereocenters. The smallest absolute Gasteiger partial charge is 0.331 e. The largest absolute Gasteiger partial charge is 0.471 e. The highest BCUT2D eigenvalue weighted by molar-refractivity contribution is 7.79. The maximum absolute atomic E-state index is 13.1. The number of ether oxygens (including phenoxy) is 4. The lowest BCUT2D eigenvalue weighted by Crippen LogP contribution is -2.46. The van der Waals surface area contributed by atoms with Crippen molar-refractivity contribution >= 4 is 77.2 Å². The Morgan fingerprint density at radius 2 is 1.78 bits per heavy atom. The second kappa shape index (κ2) is 22.2. The van der Waals surface area contributed by atoms with E-state index in [1.54, 1.807) is 31.2 Å². The number of thiol groups is 1. The highest BCUT2D eigenvalue weighted by Crippen LogP contribution is 2.36. The summed E-state index contributed by atoms with van der Waals surface area (Å²) in [6, 6.07) is 4.85. The lowest BCUT2D eigenvalue weighted by Gasteiger charge is -2.30. The maximum atomic E-state index is 13.1. The third-order valence-corrected chi connectivity index (χ3v) is 9.74. The fourth-order valence-electron chi connectivity index (χ4n) is 6.31. The number of aromatic amines is 1. The van der Waals surface area contributed by atoms with Crippen LogP contribution in [-0.2, 0) is 38.1 Å². The first-order valence-electron chi connectivity index (χ1n) is 19.8. The van der Waals surface area contributed by atoms with E-state index in [1.165, 1.54) is 0 Å². The average molecular weight is 852 g/mol. The van der Waals surface area contributed by atoms with Crippen LogP contribution in [-0.4, -0.2) is 140 Å². The molecule has 2 aliphatic heterocycles. The minimum absolute atomic E-state index is 0.179. The third-order valence-electron chi connectivity index (χ3n) is 9.55. The molecule has 18 nitrogen and oxygen atoms in total. The van der Waals surface area contributed by atoms with Gasteiger partial charge in [0.2, 0.25) is 0 Å². The number of aryl methyl sites for hydroxylation is 1. The van der Waals surface area contributed by atoms with E-state index in [2.05, 4.69) is 62.2 Å². The second-order valence-electron chi connectivity index (χ2n) is 15.1. The van der Waals surface area contributed by atoms with Gasteiger partial charge in [-0.25, -0.2) is 9.59 Å². The number of anilines is 2. The van der Waals surface area contributed by atoms with Crippen molar-refractivity contribution in [3.63, 3.8) is 0 Å². The molecular formula is C41H57N9O9S. The highest BCUT2D eigenvalue weighted by Gasteiger charge is 2.27. The number of nitrogens with one attached hydrogen (secondary N) is 6. The summed E-state index contributed by atoms with van der Waals surface area (Å²) < 4.78 is 25.4. The van der Waals surface area contributed by atoms with Gasteiger partial charge in [-0.2, -0.15) is 4.40 Å². The van der Waals surface area contributed by atoms with Gasteiger partial charge in [-0.3, -0.25) is 19.8 Å². The van der Waals surface area contributed by atoms with E-state index in [9.17, 15) is 24.0 Å². The molecule has 0 radical (unpaired) electrons. The minimum atomic E-state index is -0.966. The van der Waals surface area contributed by atoms with Gasteiger partial charge in [0.15, 0.2) is 12.4 Å². The summed E-state index contributed by atoms with van der Waals surface area (Å²) in [6.07, 6.45) is 2.53. The normalized spacial score (nSPS) is 15.5. The van der Waals surface area contributed by atoms with Crippen LogP contribution < -0.4 is 21.3 Å². The number of H-pyrrole nitrogens is 1. The van der Waals surface area contributed by atoms with Crippen molar-refractivity contribution in [2.24, 2.45) is 4.40 Å². The molecule has 3 amide bonds. The number of amidine groups is 1. The molecule has 1 atom stereocenters. The third kappa shape index (κ3) is 13.8. The summed E-state index contributed by atoms with van der Waals surface area (Å²) in [6.45, 7) is 17.9. The Labute approximate surface area is 355 Å². The Bertz CT molecular complexity index is 1990. The van der Waals surface area contributed by atoms with Crippen LogP contribution in [0.15, 0.2) is 34.7 Å². The highest BCUT2D eigenvalue weighted by atomic mass is 32.1. The lowest BCUT2D eigenvalue weighted by atomic mass is 10.0. The molecule has 3 heterocycles. The molecule has 60 heavy (non-hydrogen) atoms. The molecule has 1 aromatic carbocycles. The van der Waals surface area contributed by atoms with Crippen LogP contribution in [0.2, 0.25) is 0 Å². The van der Waals surface area contributed by atoms with Crippen LogP contribution in [0, 0.1) is 19.3 Å². The molecule has 2 aliphatic rings. The molecule has 0 saturated carbocycles. The number of likely N-dealkylation sites (N-methyl/N-ethyl adjacent to an activating group) is 1. The van der Waals surface area contributed by atoms with Crippen molar-refractivity contribution in [1.82, 2.24) is 25.4 Å². The van der Waals surface area contributed by atoms with Crippen LogP contribution in [0.1, 0.15) is 67.5 Å². The van der Waals surface area contributed by atoms with Crippen molar-refractivity contribution < 1.29 is 42.9 Å². The summed E-state index contributed by atoms with van der Waals surface area (Å²) in [5.74, 6) is -3.08. The first kappa shape index (κ1) is 47.2. The Morgan fingerprint density at radius 3 is 2.45 bits per heavy atom. The van der Waals surface area contributed by atoms with E-state index in [4.69, 9.17) is 24.4 Å². The van der Waals surface area contributed by atoms with Crippen molar-refractivity contribution in [3.8, 4) is 0 Å². The summed E-state index contributed by atoms with van der Waals surface area (Å²) >= 11 is 3.99. The summed E-state index contributed by atoms with van der Waals surface area (Å²) in [5.41, 5.74) is 3.87. The Morgan fingerprint density at radius 1 is 1.08 bits per heavy atom. The molecule has 0 spiro atoms. The molecule has 19 heteroatoms. The SMILES string of the molecule is CCN(CC)CCNC(=O)c1c(C)[nH]c(/C=C2\C(=O)Nc3ccc(NC(=O)COC(=O)/C=C/C(=O)O[C@@H](CNC(C)(C)C)COC(=N)/C(=N\S)N4CCOCC4)cc32)c1C. The Kier molecular flexibility index (Phi) is 17.5. The average Bonchev–Trinajstić information content (AvgIpc) is 3.68. The fourth-order valence-corrected chi connectivity index (χ4v) is 6.53. The molecule has 6 N–H and O–H groups in total. The number of carbonyl (C=O) groups is 5. The number of rotatable bonds is 17. The molecule has 326 valence electrons. The number of hydrogen-bond donors (Lipinski definition) is 7. The van der Waals surface area contributed by atoms with E-state index >= 15 is 0 Å². The monoisotopic (exact) mass is 851 g/mol. The first-order valence-corrected chi connectivity index (χ1v) is 20.2. The van der Waals surface area contributed by atoms with Crippen LogP contribution in [0.5, 0.6) is 0 Å². The van der Waals surface area contributed by atoms with Crippen molar-refractivity contribution in [1.29, 1.82) is 5.41 Å². The number of nitrogens with zero attached hydrogens (tertiary/aromatic N) is 3. The van der Waals surface area contributed by atoms with E-state index in [0.29, 0.717) is 77.9 Å². The molecule has 1 aromatic heterocycles. The number of fused-ring (bicyclic) bond motifs is 1. The standard InChI is InChI=1S/C41H57N9O9S/c1-8-49(9-2)15-14-43-40(55)36-25(3)32(45-26(36)4)21-30-29-20-27(10-11-31(29)47-39(30)54)46-33(51)24-57-34(52)12-13-35(53)59-28(22-44-41(5,6)7)23-58-37(42)38(48-60)50-16-18-56-19-17-50/h10-13,20-21,28,42,44-45,60H,8-9,14-19,22-24H2,1-7H3,(H,43,55)(H,46,51)(H,47,54)/b13-12+,30-21-,42-37?,48-38+/t28-/m0/s1. The van der Waals surface area contributed by atoms with Gasteiger partial charge in [0.1, 0.15) is 12.7 Å². The van der Waals surface area contributed by atoms with E-state index in [1.807, 2.05) is 32.6 Å². The van der Waals surface area contributed by atoms with Gasteiger partial charge < -0.3 is 55.0 Å². The number of carbonyl (C=O) groups excluding carboxylic acids is 5. The molecule has 1 fully saturated rings. The quantitative estimate of drug-likeness (QED) is 0.0401. The summed E-state index contributed by atoms with van der Waals surface area (Å²) in [5, 5.41) is 20.0. The Hall–Kier alpha value is -5.50. The van der Waals surface area contributed by atoms with E-state index in [-0.39, 0.29) is 42.2 Å². The van der Waals surface area contributed by atoms with Crippen LogP contribution in [0.3, 0.4) is 0 Å². The topological polar surface area (TPSA) is 229 Å².